The van der Waals surface area contributed by atoms with E-state index in [4.69, 9.17) is 14.2 Å². The minimum atomic E-state index is -0.821. The third kappa shape index (κ3) is 10.8. The van der Waals surface area contributed by atoms with E-state index in [-0.39, 0.29) is 61.2 Å². The van der Waals surface area contributed by atoms with Gasteiger partial charge in [0.1, 0.15) is 18.4 Å². The molecule has 6 rings (SSSR count). The van der Waals surface area contributed by atoms with Crippen molar-refractivity contribution in [3.8, 4) is 0 Å². The zero-order chi connectivity index (χ0) is 44.8. The SMILES string of the molecule is CC[C@H]1O[C@@H](n2cc(/C=C/C(=O)NCCCC(=O)OC3CCC4(C)C(=CCC5C4CCC4(C)C(C(C)CCCC(C)C)CCC54)C3)c(=O)[nH]c2=O)C[C@@H]1OC(=O)CCC(=O)NC. The number of aromatic nitrogens is 2. The van der Waals surface area contributed by atoms with Gasteiger partial charge in [-0.05, 0) is 110 Å². The second-order valence-corrected chi connectivity index (χ2v) is 20.1. The van der Waals surface area contributed by atoms with Crippen molar-refractivity contribution in [2.45, 2.75) is 175 Å². The van der Waals surface area contributed by atoms with E-state index in [1.807, 2.05) is 6.92 Å². The fourth-order valence-electron chi connectivity index (χ4n) is 12.4. The normalized spacial score (nSPS) is 32.0. The summed E-state index contributed by atoms with van der Waals surface area (Å²) in [6.07, 6.45) is 18.9. The van der Waals surface area contributed by atoms with Gasteiger partial charge in [-0.1, -0.05) is 72.5 Å². The third-order valence-corrected chi connectivity index (χ3v) is 15.8. The molecule has 0 aromatic carbocycles. The van der Waals surface area contributed by atoms with Crippen LogP contribution in [0.4, 0.5) is 0 Å². The van der Waals surface area contributed by atoms with Gasteiger partial charge in [0.25, 0.3) is 5.56 Å². The Labute approximate surface area is 368 Å². The highest BCUT2D eigenvalue weighted by Crippen LogP contribution is 2.67. The first-order valence-electron chi connectivity index (χ1n) is 23.8. The van der Waals surface area contributed by atoms with E-state index in [1.165, 1.54) is 80.5 Å². The van der Waals surface area contributed by atoms with Gasteiger partial charge in [0.15, 0.2) is 0 Å². The molecule has 5 aliphatic rings. The third-order valence-electron chi connectivity index (χ3n) is 15.8. The molecular formula is C49H74N4O9. The lowest BCUT2D eigenvalue weighted by molar-refractivity contribution is -0.153. The largest absolute Gasteiger partial charge is 0.462 e. The molecule has 1 aliphatic heterocycles. The van der Waals surface area contributed by atoms with Crippen molar-refractivity contribution in [3.63, 3.8) is 0 Å². The molecule has 0 spiro atoms. The number of ether oxygens (including phenoxy) is 3. The van der Waals surface area contributed by atoms with Crippen molar-refractivity contribution in [1.82, 2.24) is 20.2 Å². The Bertz CT molecular complexity index is 1950. The van der Waals surface area contributed by atoms with Crippen LogP contribution in [0.15, 0.2) is 33.5 Å². The summed E-state index contributed by atoms with van der Waals surface area (Å²) >= 11 is 0. The van der Waals surface area contributed by atoms with Crippen LogP contribution in [-0.2, 0) is 33.4 Å². The maximum atomic E-state index is 13.0. The number of carbonyl (C=O) groups excluding carboxylic acids is 4. The Morgan fingerprint density at radius 3 is 2.48 bits per heavy atom. The van der Waals surface area contributed by atoms with Crippen molar-refractivity contribution in [2.24, 2.45) is 46.3 Å². The molecule has 3 saturated carbocycles. The molecule has 13 nitrogen and oxygen atoms in total. The first-order chi connectivity index (χ1) is 29.6. The van der Waals surface area contributed by atoms with Crippen LogP contribution in [0, 0.1) is 46.3 Å². The summed E-state index contributed by atoms with van der Waals surface area (Å²) in [6.45, 7) is 14.5. The highest BCUT2D eigenvalue weighted by atomic mass is 16.6. The molecule has 3 N–H and O–H groups in total. The Kier molecular flexibility index (Phi) is 15.8. The number of esters is 2. The molecule has 4 fully saturated rings. The van der Waals surface area contributed by atoms with Gasteiger partial charge >= 0.3 is 17.6 Å². The monoisotopic (exact) mass is 863 g/mol. The lowest BCUT2D eigenvalue weighted by atomic mass is 9.47. The molecule has 13 heteroatoms. The van der Waals surface area contributed by atoms with E-state index in [1.54, 1.807) is 0 Å². The van der Waals surface area contributed by atoms with Crippen molar-refractivity contribution in [2.75, 3.05) is 13.6 Å². The maximum absolute atomic E-state index is 13.0. The van der Waals surface area contributed by atoms with Gasteiger partial charge in [0, 0.05) is 51.5 Å². The highest BCUT2D eigenvalue weighted by Gasteiger charge is 2.59. The minimum absolute atomic E-state index is 0.00328. The van der Waals surface area contributed by atoms with E-state index in [2.05, 4.69) is 56.3 Å². The highest BCUT2D eigenvalue weighted by molar-refractivity contribution is 5.91. The summed E-state index contributed by atoms with van der Waals surface area (Å²) in [5.41, 5.74) is 0.833. The van der Waals surface area contributed by atoms with Gasteiger partial charge in [0.05, 0.1) is 18.1 Å². The number of H-pyrrole nitrogens is 1. The van der Waals surface area contributed by atoms with Crippen LogP contribution in [0.5, 0.6) is 0 Å². The molecule has 1 aromatic heterocycles. The van der Waals surface area contributed by atoms with Gasteiger partial charge in [0.2, 0.25) is 11.8 Å². The van der Waals surface area contributed by atoms with Gasteiger partial charge in [-0.3, -0.25) is 33.5 Å². The van der Waals surface area contributed by atoms with Crippen LogP contribution in [-0.4, -0.2) is 65.2 Å². The Balaban J connectivity index is 0.938. The smallest absolute Gasteiger partial charge is 0.330 e. The van der Waals surface area contributed by atoms with Crippen LogP contribution >= 0.6 is 0 Å². The summed E-state index contributed by atoms with van der Waals surface area (Å²) in [7, 11) is 1.49. The number of aromatic amines is 1. The van der Waals surface area contributed by atoms with Gasteiger partial charge in [-0.15, -0.1) is 0 Å². The van der Waals surface area contributed by atoms with E-state index >= 15 is 0 Å². The topological polar surface area (TPSA) is 175 Å². The zero-order valence-electron chi connectivity index (χ0n) is 38.4. The van der Waals surface area contributed by atoms with Crippen LogP contribution < -0.4 is 21.9 Å². The van der Waals surface area contributed by atoms with Gasteiger partial charge in [-0.25, -0.2) is 4.79 Å². The minimum Gasteiger partial charge on any atom is -0.462 e. The Hall–Kier alpha value is -4.00. The summed E-state index contributed by atoms with van der Waals surface area (Å²) < 4.78 is 18.8. The molecule has 8 unspecified atom stereocenters. The number of allylic oxidation sites excluding steroid dienone is 1. The summed E-state index contributed by atoms with van der Waals surface area (Å²) in [4.78, 5) is 77.2. The second kappa shape index (κ2) is 20.7. The molecule has 2 heterocycles. The van der Waals surface area contributed by atoms with Crippen LogP contribution in [0.3, 0.4) is 0 Å². The zero-order valence-corrected chi connectivity index (χ0v) is 38.4. The number of hydrogen-bond acceptors (Lipinski definition) is 9. The summed E-state index contributed by atoms with van der Waals surface area (Å²) in [5, 5.41) is 5.22. The van der Waals surface area contributed by atoms with Crippen LogP contribution in [0.2, 0.25) is 0 Å². The quantitative estimate of drug-likeness (QED) is 0.0583. The molecule has 0 bridgehead atoms. The number of nitrogens with one attached hydrogen (secondary N) is 3. The number of nitrogens with zero attached hydrogens (tertiary/aromatic N) is 1. The van der Waals surface area contributed by atoms with Crippen molar-refractivity contribution >= 4 is 29.8 Å². The number of fused-ring (bicyclic) bond motifs is 5. The maximum Gasteiger partial charge on any atom is 0.330 e. The van der Waals surface area contributed by atoms with Crippen LogP contribution in [0.1, 0.15) is 162 Å². The molecule has 0 radical (unpaired) electrons. The molecule has 11 atom stereocenters. The lowest BCUT2D eigenvalue weighted by Crippen LogP contribution is -2.51. The van der Waals surface area contributed by atoms with Crippen molar-refractivity contribution in [3.05, 3.63) is 50.3 Å². The molecule has 2 amide bonds. The number of amides is 2. The van der Waals surface area contributed by atoms with Gasteiger partial charge in [-0.2, -0.15) is 0 Å². The molecule has 344 valence electrons. The number of rotatable bonds is 18. The van der Waals surface area contributed by atoms with Gasteiger partial charge < -0.3 is 24.8 Å². The predicted octanol–water partition coefficient (Wildman–Crippen LogP) is 7.53. The average molecular weight is 863 g/mol. The Morgan fingerprint density at radius 2 is 1.74 bits per heavy atom. The standard InChI is InChI=1S/C49H74N4O9/c1-8-39-40(62-45(57)21-20-41(54)50-7)28-43(61-39)53-29-32(46(58)52-47(53)59)14-19-42(55)51-26-10-13-44(56)60-34-22-24-48(5)33(27-34)15-16-35-37-18-17-36(31(4)12-9-11-30(2)3)49(37,6)25-23-38(35)48/h14-15,19,29-31,34-40,43H,8-13,16-18,20-28H2,1-7H3,(H,50,54)(H,51,55)(H,52,58,59)/b19-14+/t31?,34?,35?,36?,37?,38?,39-,40+,43-,48?,49?/m1/s1. The van der Waals surface area contributed by atoms with E-state index < -0.39 is 41.6 Å². The van der Waals surface area contributed by atoms with Crippen molar-refractivity contribution in [1.29, 1.82) is 0 Å². The lowest BCUT2D eigenvalue weighted by Gasteiger charge is -2.58. The fraction of sp³-hybridized carbons (Fsp3) is 0.755. The summed E-state index contributed by atoms with van der Waals surface area (Å²) in [5.74, 6) is 3.20. The van der Waals surface area contributed by atoms with E-state index in [9.17, 15) is 28.8 Å². The first kappa shape index (κ1) is 47.5. The molecular weight excluding hydrogens is 789 g/mol. The molecule has 1 aromatic rings. The number of hydrogen-bond donors (Lipinski definition) is 3. The van der Waals surface area contributed by atoms with Crippen LogP contribution in [0.25, 0.3) is 6.08 Å². The average Bonchev–Trinajstić information content (AvgIpc) is 3.81. The first-order valence-corrected chi connectivity index (χ1v) is 23.8. The van der Waals surface area contributed by atoms with E-state index in [0.29, 0.717) is 24.2 Å². The van der Waals surface area contributed by atoms with E-state index in [0.717, 1.165) is 55.3 Å². The fourth-order valence-corrected chi connectivity index (χ4v) is 12.4. The molecule has 1 saturated heterocycles. The van der Waals surface area contributed by atoms with Crippen molar-refractivity contribution < 1.29 is 33.4 Å². The second-order valence-electron chi connectivity index (χ2n) is 20.1. The molecule has 4 aliphatic carbocycles. The molecule has 62 heavy (non-hydrogen) atoms. The predicted molar refractivity (Wildman–Crippen MR) is 238 cm³/mol. The number of carbonyl (C=O) groups is 4. The Morgan fingerprint density at radius 1 is 0.968 bits per heavy atom. The summed E-state index contributed by atoms with van der Waals surface area (Å²) in [6, 6.07) is 0.